The standard InChI is InChI=1S/C15H22N2O3/c1-11(2)17-14(19)8-9-16-15(20)10-13(18)12-6-4-3-5-7-12/h3-7,11,13,18H,8-10H2,1-2H3,(H,16,20)(H,17,19). The Kier molecular flexibility index (Phi) is 6.73. The van der Waals surface area contributed by atoms with Crippen LogP contribution in [0.1, 0.15) is 38.4 Å². The number of benzene rings is 1. The molecule has 0 heterocycles. The summed E-state index contributed by atoms with van der Waals surface area (Å²) < 4.78 is 0. The summed E-state index contributed by atoms with van der Waals surface area (Å²) in [4.78, 5) is 23.0. The van der Waals surface area contributed by atoms with Gasteiger partial charge in [-0.25, -0.2) is 0 Å². The Morgan fingerprint density at radius 3 is 2.40 bits per heavy atom. The second-order valence-corrected chi connectivity index (χ2v) is 4.95. The molecule has 110 valence electrons. The maximum absolute atomic E-state index is 11.6. The number of hydrogen-bond donors (Lipinski definition) is 3. The average Bonchev–Trinajstić information content (AvgIpc) is 2.38. The molecule has 0 bridgehead atoms. The van der Waals surface area contributed by atoms with Crippen molar-refractivity contribution in [3.8, 4) is 0 Å². The first-order valence-corrected chi connectivity index (χ1v) is 6.78. The van der Waals surface area contributed by atoms with E-state index in [1.165, 1.54) is 0 Å². The SMILES string of the molecule is CC(C)NC(=O)CCNC(=O)CC(O)c1ccccc1. The van der Waals surface area contributed by atoms with E-state index in [2.05, 4.69) is 10.6 Å². The summed E-state index contributed by atoms with van der Waals surface area (Å²) in [6, 6.07) is 9.11. The summed E-state index contributed by atoms with van der Waals surface area (Å²) in [5, 5.41) is 15.2. The van der Waals surface area contributed by atoms with Crippen molar-refractivity contribution in [1.29, 1.82) is 0 Å². The first-order chi connectivity index (χ1) is 9.49. The molecule has 0 aliphatic rings. The molecule has 0 radical (unpaired) electrons. The zero-order chi connectivity index (χ0) is 15.0. The number of hydrogen-bond acceptors (Lipinski definition) is 3. The molecule has 0 aliphatic carbocycles. The molecule has 5 nitrogen and oxygen atoms in total. The van der Waals surface area contributed by atoms with Crippen LogP contribution in [0.25, 0.3) is 0 Å². The van der Waals surface area contributed by atoms with Crippen LogP contribution in [0.4, 0.5) is 0 Å². The molecule has 0 fully saturated rings. The van der Waals surface area contributed by atoms with Gasteiger partial charge in [-0.05, 0) is 19.4 Å². The van der Waals surface area contributed by atoms with E-state index in [0.29, 0.717) is 5.56 Å². The molecule has 0 spiro atoms. The van der Waals surface area contributed by atoms with Crippen LogP contribution in [0.5, 0.6) is 0 Å². The molecule has 0 aliphatic heterocycles. The second-order valence-electron chi connectivity index (χ2n) is 4.95. The van der Waals surface area contributed by atoms with Crippen LogP contribution in [0, 0.1) is 0 Å². The third kappa shape index (κ3) is 6.33. The lowest BCUT2D eigenvalue weighted by molar-refractivity contribution is -0.123. The molecule has 0 saturated carbocycles. The third-order valence-electron chi connectivity index (χ3n) is 2.69. The van der Waals surface area contributed by atoms with Gasteiger partial charge in [-0.15, -0.1) is 0 Å². The smallest absolute Gasteiger partial charge is 0.222 e. The molecular weight excluding hydrogens is 256 g/mol. The Bertz CT molecular complexity index is 432. The topological polar surface area (TPSA) is 78.4 Å². The van der Waals surface area contributed by atoms with Gasteiger partial charge in [0.1, 0.15) is 0 Å². The molecule has 3 N–H and O–H groups in total. The summed E-state index contributed by atoms with van der Waals surface area (Å²) in [5.74, 6) is -0.359. The highest BCUT2D eigenvalue weighted by atomic mass is 16.3. The van der Waals surface area contributed by atoms with Crippen molar-refractivity contribution in [2.75, 3.05) is 6.54 Å². The summed E-state index contributed by atoms with van der Waals surface area (Å²) in [6.07, 6.45) is -0.582. The molecule has 2 amide bonds. The highest BCUT2D eigenvalue weighted by Crippen LogP contribution is 2.15. The number of carbonyl (C=O) groups is 2. The predicted octanol–water partition coefficient (Wildman–Crippen LogP) is 1.14. The first kappa shape index (κ1) is 16.2. The van der Waals surface area contributed by atoms with Crippen molar-refractivity contribution in [1.82, 2.24) is 10.6 Å². The fourth-order valence-electron chi connectivity index (χ4n) is 1.75. The molecular formula is C15H22N2O3. The van der Waals surface area contributed by atoms with Gasteiger partial charge in [0.15, 0.2) is 0 Å². The van der Waals surface area contributed by atoms with E-state index in [1.54, 1.807) is 12.1 Å². The maximum atomic E-state index is 11.6. The highest BCUT2D eigenvalue weighted by Gasteiger charge is 2.12. The highest BCUT2D eigenvalue weighted by molar-refractivity contribution is 5.79. The van der Waals surface area contributed by atoms with Gasteiger partial charge >= 0.3 is 0 Å². The predicted molar refractivity (Wildman–Crippen MR) is 76.9 cm³/mol. The molecule has 1 aromatic rings. The van der Waals surface area contributed by atoms with Crippen LogP contribution in [0.2, 0.25) is 0 Å². The van der Waals surface area contributed by atoms with Crippen LogP contribution >= 0.6 is 0 Å². The molecule has 1 unspecified atom stereocenters. The monoisotopic (exact) mass is 278 g/mol. The molecule has 1 rings (SSSR count). The number of rotatable bonds is 7. The van der Waals surface area contributed by atoms with Gasteiger partial charge < -0.3 is 15.7 Å². The fraction of sp³-hybridized carbons (Fsp3) is 0.467. The lowest BCUT2D eigenvalue weighted by atomic mass is 10.1. The zero-order valence-electron chi connectivity index (χ0n) is 11.9. The summed E-state index contributed by atoms with van der Waals surface area (Å²) in [7, 11) is 0. The van der Waals surface area contributed by atoms with Crippen LogP contribution in [0.15, 0.2) is 30.3 Å². The molecule has 0 saturated heterocycles. The van der Waals surface area contributed by atoms with Crippen LogP contribution in [-0.2, 0) is 9.59 Å². The number of amides is 2. The third-order valence-corrected chi connectivity index (χ3v) is 2.69. The van der Waals surface area contributed by atoms with Gasteiger partial charge in [-0.1, -0.05) is 30.3 Å². The number of aliphatic hydroxyl groups is 1. The maximum Gasteiger partial charge on any atom is 0.222 e. The van der Waals surface area contributed by atoms with E-state index in [0.717, 1.165) is 0 Å². The summed E-state index contributed by atoms with van der Waals surface area (Å²) in [5.41, 5.74) is 0.709. The van der Waals surface area contributed by atoms with Crippen molar-refractivity contribution in [2.45, 2.75) is 38.8 Å². The first-order valence-electron chi connectivity index (χ1n) is 6.78. The van der Waals surface area contributed by atoms with Gasteiger partial charge in [-0.3, -0.25) is 9.59 Å². The molecule has 5 heteroatoms. The normalized spacial score (nSPS) is 12.0. The number of aliphatic hydroxyl groups excluding tert-OH is 1. The number of carbonyl (C=O) groups excluding carboxylic acids is 2. The van der Waals surface area contributed by atoms with Gasteiger partial charge in [0, 0.05) is 19.0 Å². The van der Waals surface area contributed by atoms with Gasteiger partial charge in [0.2, 0.25) is 11.8 Å². The van der Waals surface area contributed by atoms with E-state index in [9.17, 15) is 14.7 Å². The average molecular weight is 278 g/mol. The van der Waals surface area contributed by atoms with E-state index in [1.807, 2.05) is 32.0 Å². The Morgan fingerprint density at radius 1 is 1.15 bits per heavy atom. The minimum Gasteiger partial charge on any atom is -0.388 e. The second kappa shape index (κ2) is 8.32. The Morgan fingerprint density at radius 2 is 1.80 bits per heavy atom. The van der Waals surface area contributed by atoms with Crippen molar-refractivity contribution in [3.63, 3.8) is 0 Å². The van der Waals surface area contributed by atoms with Crippen molar-refractivity contribution in [2.24, 2.45) is 0 Å². The Labute approximate surface area is 119 Å². The van der Waals surface area contributed by atoms with Crippen LogP contribution in [0.3, 0.4) is 0 Å². The van der Waals surface area contributed by atoms with Crippen LogP contribution in [-0.4, -0.2) is 29.5 Å². The van der Waals surface area contributed by atoms with Crippen molar-refractivity contribution < 1.29 is 14.7 Å². The molecule has 20 heavy (non-hydrogen) atoms. The molecule has 0 aromatic heterocycles. The van der Waals surface area contributed by atoms with E-state index >= 15 is 0 Å². The van der Waals surface area contributed by atoms with Gasteiger partial charge in [0.25, 0.3) is 0 Å². The largest absolute Gasteiger partial charge is 0.388 e. The quantitative estimate of drug-likeness (QED) is 0.700. The summed E-state index contributed by atoms with van der Waals surface area (Å²) in [6.45, 7) is 4.04. The van der Waals surface area contributed by atoms with Crippen molar-refractivity contribution >= 4 is 11.8 Å². The van der Waals surface area contributed by atoms with Gasteiger partial charge in [-0.2, -0.15) is 0 Å². The minimum atomic E-state index is -0.819. The van der Waals surface area contributed by atoms with E-state index in [-0.39, 0.29) is 37.2 Å². The van der Waals surface area contributed by atoms with Crippen LogP contribution < -0.4 is 10.6 Å². The lowest BCUT2D eigenvalue weighted by Crippen LogP contribution is -2.34. The van der Waals surface area contributed by atoms with E-state index < -0.39 is 6.10 Å². The zero-order valence-corrected chi connectivity index (χ0v) is 11.9. The Hall–Kier alpha value is -1.88. The molecule has 1 atom stereocenters. The van der Waals surface area contributed by atoms with Gasteiger partial charge in [0.05, 0.1) is 12.5 Å². The fourth-order valence-corrected chi connectivity index (χ4v) is 1.75. The summed E-state index contributed by atoms with van der Waals surface area (Å²) >= 11 is 0. The minimum absolute atomic E-state index is 0.00415. The molecule has 1 aromatic carbocycles. The van der Waals surface area contributed by atoms with Crippen molar-refractivity contribution in [3.05, 3.63) is 35.9 Å². The number of nitrogens with one attached hydrogen (secondary N) is 2. The van der Waals surface area contributed by atoms with E-state index in [4.69, 9.17) is 0 Å². The Balaban J connectivity index is 2.25. The lowest BCUT2D eigenvalue weighted by Gasteiger charge is -2.12.